The van der Waals surface area contributed by atoms with Gasteiger partial charge in [0.15, 0.2) is 6.29 Å². The number of benzene rings is 1. The molecular weight excluding hydrogens is 346 g/mol. The van der Waals surface area contributed by atoms with Crippen molar-refractivity contribution in [1.29, 1.82) is 0 Å². The molecule has 1 heterocycles. The first kappa shape index (κ1) is 20.6. The van der Waals surface area contributed by atoms with E-state index >= 15 is 0 Å². The van der Waals surface area contributed by atoms with Gasteiger partial charge < -0.3 is 9.72 Å². The van der Waals surface area contributed by atoms with Gasteiger partial charge in [0.2, 0.25) is 0 Å². The molecule has 0 aliphatic carbocycles. The molecule has 0 spiro atoms. The number of ether oxygens (including phenoxy) is 1. The second-order valence-corrected chi connectivity index (χ2v) is 7.73. The standard InChI is InChI=1S/C21H29NO3S/c1-3-5-6-8-16(4-2)15-25-20(24)11-12-26-19-10-7-9-18-21(19)17(14-23)13-22-18/h7,9-10,13-14,16,22H,3-6,8,11-12,15H2,1-2H3. The molecule has 1 atom stereocenters. The lowest BCUT2D eigenvalue weighted by Gasteiger charge is -2.14. The van der Waals surface area contributed by atoms with Crippen LogP contribution in [0.2, 0.25) is 0 Å². The minimum Gasteiger partial charge on any atom is -0.465 e. The van der Waals surface area contributed by atoms with Crippen molar-refractivity contribution in [2.24, 2.45) is 5.92 Å². The second-order valence-electron chi connectivity index (χ2n) is 6.59. The lowest BCUT2D eigenvalue weighted by atomic mass is 10.00. The average Bonchev–Trinajstić information content (AvgIpc) is 3.08. The van der Waals surface area contributed by atoms with Crippen molar-refractivity contribution < 1.29 is 14.3 Å². The van der Waals surface area contributed by atoms with Crippen LogP contribution in [0, 0.1) is 5.92 Å². The highest BCUT2D eigenvalue weighted by atomic mass is 32.2. The minimum atomic E-state index is -0.136. The molecular formula is C21H29NO3S. The number of rotatable bonds is 12. The van der Waals surface area contributed by atoms with Gasteiger partial charge >= 0.3 is 5.97 Å². The average molecular weight is 376 g/mol. The van der Waals surface area contributed by atoms with Gasteiger partial charge in [0.25, 0.3) is 0 Å². The van der Waals surface area contributed by atoms with Crippen LogP contribution in [0.1, 0.15) is 62.7 Å². The predicted molar refractivity (Wildman–Crippen MR) is 108 cm³/mol. The molecule has 4 nitrogen and oxygen atoms in total. The van der Waals surface area contributed by atoms with Gasteiger partial charge in [0, 0.05) is 33.3 Å². The lowest BCUT2D eigenvalue weighted by Crippen LogP contribution is -2.14. The van der Waals surface area contributed by atoms with Crippen LogP contribution in [0.4, 0.5) is 0 Å². The molecule has 142 valence electrons. The molecule has 5 heteroatoms. The number of carbonyl (C=O) groups is 2. The van der Waals surface area contributed by atoms with Gasteiger partial charge in [0.05, 0.1) is 13.0 Å². The number of nitrogens with one attached hydrogen (secondary N) is 1. The quantitative estimate of drug-likeness (QED) is 0.227. The van der Waals surface area contributed by atoms with E-state index in [0.717, 1.165) is 34.9 Å². The van der Waals surface area contributed by atoms with E-state index < -0.39 is 0 Å². The van der Waals surface area contributed by atoms with Crippen LogP contribution >= 0.6 is 11.8 Å². The molecule has 0 aliphatic heterocycles. The molecule has 0 amide bonds. The number of esters is 1. The highest BCUT2D eigenvalue weighted by Crippen LogP contribution is 2.30. The Morgan fingerprint density at radius 1 is 1.31 bits per heavy atom. The summed E-state index contributed by atoms with van der Waals surface area (Å²) in [5, 5.41) is 0.933. The summed E-state index contributed by atoms with van der Waals surface area (Å²) in [7, 11) is 0. The largest absolute Gasteiger partial charge is 0.465 e. The first-order valence-electron chi connectivity index (χ1n) is 9.53. The van der Waals surface area contributed by atoms with Gasteiger partial charge in [-0.1, -0.05) is 45.6 Å². The number of H-pyrrole nitrogens is 1. The number of thioether (sulfide) groups is 1. The molecule has 1 N–H and O–H groups in total. The fourth-order valence-electron chi connectivity index (χ4n) is 3.01. The Hall–Kier alpha value is -1.75. The molecule has 26 heavy (non-hydrogen) atoms. The normalized spacial score (nSPS) is 12.2. The molecule has 1 aromatic carbocycles. The first-order valence-corrected chi connectivity index (χ1v) is 10.5. The fourth-order valence-corrected chi connectivity index (χ4v) is 4.04. The molecule has 0 bridgehead atoms. The van der Waals surface area contributed by atoms with E-state index in [1.807, 2.05) is 18.2 Å². The van der Waals surface area contributed by atoms with E-state index in [1.54, 1.807) is 18.0 Å². The summed E-state index contributed by atoms with van der Waals surface area (Å²) >= 11 is 1.59. The molecule has 0 saturated heterocycles. The number of aldehydes is 1. The SMILES string of the molecule is CCCCCC(CC)COC(=O)CCSc1cccc2[nH]cc(C=O)c12. The third-order valence-electron chi connectivity index (χ3n) is 4.66. The van der Waals surface area contributed by atoms with Crippen LogP contribution in [-0.2, 0) is 9.53 Å². The Morgan fingerprint density at radius 2 is 2.15 bits per heavy atom. The maximum atomic E-state index is 12.0. The van der Waals surface area contributed by atoms with E-state index in [2.05, 4.69) is 18.8 Å². The Balaban J connectivity index is 1.78. The smallest absolute Gasteiger partial charge is 0.306 e. The Labute approximate surface area is 160 Å². The molecule has 1 aromatic heterocycles. The van der Waals surface area contributed by atoms with Crippen molar-refractivity contribution in [3.63, 3.8) is 0 Å². The molecule has 2 rings (SSSR count). The third kappa shape index (κ3) is 5.90. The zero-order chi connectivity index (χ0) is 18.8. The number of carbonyl (C=O) groups excluding carboxylic acids is 2. The summed E-state index contributed by atoms with van der Waals surface area (Å²) in [5.74, 6) is 0.985. The fraction of sp³-hybridized carbons (Fsp3) is 0.524. The van der Waals surface area contributed by atoms with E-state index in [-0.39, 0.29) is 5.97 Å². The molecule has 0 saturated carbocycles. The van der Waals surface area contributed by atoms with Crippen molar-refractivity contribution in [3.05, 3.63) is 30.0 Å². The first-order chi connectivity index (χ1) is 12.7. The zero-order valence-electron chi connectivity index (χ0n) is 15.8. The van der Waals surface area contributed by atoms with E-state index in [0.29, 0.717) is 30.3 Å². The van der Waals surface area contributed by atoms with Crippen LogP contribution in [-0.4, -0.2) is 29.6 Å². The lowest BCUT2D eigenvalue weighted by molar-refractivity contribution is -0.144. The summed E-state index contributed by atoms with van der Waals surface area (Å²) in [6, 6.07) is 5.89. The van der Waals surface area contributed by atoms with Crippen molar-refractivity contribution >= 4 is 34.9 Å². The van der Waals surface area contributed by atoms with Gasteiger partial charge in [-0.05, 0) is 24.5 Å². The summed E-state index contributed by atoms with van der Waals surface area (Å²) in [6.07, 6.45) is 8.82. The van der Waals surface area contributed by atoms with Crippen LogP contribution in [0.15, 0.2) is 29.3 Å². The van der Waals surface area contributed by atoms with E-state index in [1.165, 1.54) is 19.3 Å². The van der Waals surface area contributed by atoms with E-state index in [4.69, 9.17) is 4.74 Å². The summed E-state index contributed by atoms with van der Waals surface area (Å²) in [5.41, 5.74) is 1.60. The van der Waals surface area contributed by atoms with Crippen molar-refractivity contribution in [1.82, 2.24) is 4.98 Å². The highest BCUT2D eigenvalue weighted by Gasteiger charge is 2.12. The number of unbranched alkanes of at least 4 members (excludes halogenated alkanes) is 2. The van der Waals surface area contributed by atoms with Gasteiger partial charge in [-0.2, -0.15) is 0 Å². The van der Waals surface area contributed by atoms with Crippen molar-refractivity contribution in [2.75, 3.05) is 12.4 Å². The van der Waals surface area contributed by atoms with Gasteiger partial charge in [-0.3, -0.25) is 9.59 Å². The number of aromatic amines is 1. The van der Waals surface area contributed by atoms with Crippen LogP contribution in [0.5, 0.6) is 0 Å². The molecule has 0 radical (unpaired) electrons. The van der Waals surface area contributed by atoms with E-state index in [9.17, 15) is 9.59 Å². The molecule has 2 aromatic rings. The number of fused-ring (bicyclic) bond motifs is 1. The topological polar surface area (TPSA) is 59.2 Å². The maximum absolute atomic E-state index is 12.0. The Bertz CT molecular complexity index is 710. The zero-order valence-corrected chi connectivity index (χ0v) is 16.6. The number of hydrogen-bond donors (Lipinski definition) is 1. The maximum Gasteiger partial charge on any atom is 0.306 e. The molecule has 0 aliphatic rings. The summed E-state index contributed by atoms with van der Waals surface area (Å²) < 4.78 is 5.47. The number of aromatic nitrogens is 1. The van der Waals surface area contributed by atoms with Gasteiger partial charge in [0.1, 0.15) is 0 Å². The molecule has 1 unspecified atom stereocenters. The Morgan fingerprint density at radius 3 is 2.88 bits per heavy atom. The second kappa shape index (κ2) is 11.1. The van der Waals surface area contributed by atoms with Crippen LogP contribution in [0.3, 0.4) is 0 Å². The monoisotopic (exact) mass is 375 g/mol. The summed E-state index contributed by atoms with van der Waals surface area (Å²) in [6.45, 7) is 4.89. The van der Waals surface area contributed by atoms with Crippen molar-refractivity contribution in [3.8, 4) is 0 Å². The minimum absolute atomic E-state index is 0.136. The van der Waals surface area contributed by atoms with Crippen molar-refractivity contribution in [2.45, 2.75) is 57.3 Å². The van der Waals surface area contributed by atoms with Gasteiger partial charge in [-0.25, -0.2) is 0 Å². The predicted octanol–water partition coefficient (Wildman–Crippen LogP) is 5.61. The van der Waals surface area contributed by atoms with Gasteiger partial charge in [-0.15, -0.1) is 11.8 Å². The van der Waals surface area contributed by atoms with Crippen LogP contribution < -0.4 is 0 Å². The molecule has 0 fully saturated rings. The van der Waals surface area contributed by atoms with Crippen LogP contribution in [0.25, 0.3) is 10.9 Å². The Kier molecular flexibility index (Phi) is 8.75. The number of hydrogen-bond acceptors (Lipinski definition) is 4. The third-order valence-corrected chi connectivity index (χ3v) is 5.72. The highest BCUT2D eigenvalue weighted by molar-refractivity contribution is 7.99. The summed E-state index contributed by atoms with van der Waals surface area (Å²) in [4.78, 5) is 27.3.